The Morgan fingerprint density at radius 2 is 2.19 bits per heavy atom. The van der Waals surface area contributed by atoms with Gasteiger partial charge in [-0.25, -0.2) is 0 Å². The van der Waals surface area contributed by atoms with E-state index in [9.17, 15) is 4.79 Å². The summed E-state index contributed by atoms with van der Waals surface area (Å²) >= 11 is 7.44. The van der Waals surface area contributed by atoms with Crippen LogP contribution in [-0.2, 0) is 0 Å². The average molecular weight is 318 g/mol. The van der Waals surface area contributed by atoms with Crippen LogP contribution in [0.2, 0.25) is 5.02 Å². The summed E-state index contributed by atoms with van der Waals surface area (Å²) in [6.45, 7) is 1.94. The first kappa shape index (κ1) is 13.9. The number of thiophene rings is 1. The van der Waals surface area contributed by atoms with Crippen molar-refractivity contribution in [3.8, 4) is 0 Å². The molecular weight excluding hydrogens is 306 g/mol. The quantitative estimate of drug-likeness (QED) is 0.748. The number of rotatable bonds is 2. The average Bonchev–Trinajstić information content (AvgIpc) is 2.80. The Morgan fingerprint density at radius 3 is 2.90 bits per heavy atom. The highest BCUT2D eigenvalue weighted by molar-refractivity contribution is 7.21. The first-order chi connectivity index (χ1) is 10.1. The van der Waals surface area contributed by atoms with E-state index in [1.165, 1.54) is 11.3 Å². The molecule has 1 amide bonds. The van der Waals surface area contributed by atoms with E-state index in [-0.39, 0.29) is 5.91 Å². The van der Waals surface area contributed by atoms with Crippen molar-refractivity contribution in [3.63, 3.8) is 0 Å². The van der Waals surface area contributed by atoms with Crippen molar-refractivity contribution in [2.24, 2.45) is 0 Å². The minimum absolute atomic E-state index is 0.264. The van der Waals surface area contributed by atoms with Crippen LogP contribution in [0.1, 0.15) is 15.2 Å². The molecule has 3 N–H and O–H groups in total. The standard InChI is InChI=1S/C15H12ClN3OS/c1-8-2-3-11(10(16)6-8)19-15(20)14-13(17)9-4-5-18-7-12(9)21-14/h2-7H,17H2,1H3,(H,19,20). The number of amides is 1. The van der Waals surface area contributed by atoms with Gasteiger partial charge in [0.2, 0.25) is 0 Å². The summed E-state index contributed by atoms with van der Waals surface area (Å²) in [6.07, 6.45) is 3.36. The van der Waals surface area contributed by atoms with E-state index in [1.807, 2.05) is 13.0 Å². The third-order valence-electron chi connectivity index (χ3n) is 3.11. The van der Waals surface area contributed by atoms with Gasteiger partial charge in [-0.05, 0) is 30.7 Å². The number of pyridine rings is 1. The molecule has 0 radical (unpaired) electrons. The summed E-state index contributed by atoms with van der Waals surface area (Å²) < 4.78 is 0.884. The third kappa shape index (κ3) is 2.57. The van der Waals surface area contributed by atoms with E-state index >= 15 is 0 Å². The summed E-state index contributed by atoms with van der Waals surface area (Å²) in [5.41, 5.74) is 8.12. The molecule has 2 heterocycles. The second kappa shape index (κ2) is 5.35. The Morgan fingerprint density at radius 1 is 1.38 bits per heavy atom. The molecule has 0 fully saturated rings. The Bertz CT molecular complexity index is 844. The zero-order valence-electron chi connectivity index (χ0n) is 11.2. The van der Waals surface area contributed by atoms with Crippen LogP contribution in [0.25, 0.3) is 10.1 Å². The predicted molar refractivity (Wildman–Crippen MR) is 88.2 cm³/mol. The number of nitrogens with two attached hydrogens (primary N) is 1. The number of fused-ring (bicyclic) bond motifs is 1. The number of halogens is 1. The Balaban J connectivity index is 1.95. The van der Waals surface area contributed by atoms with Gasteiger partial charge in [0.15, 0.2) is 0 Å². The number of anilines is 2. The van der Waals surface area contributed by atoms with Gasteiger partial charge in [-0.2, -0.15) is 0 Å². The Labute approximate surface area is 130 Å². The zero-order valence-corrected chi connectivity index (χ0v) is 12.8. The predicted octanol–water partition coefficient (Wildman–Crippen LogP) is 4.09. The van der Waals surface area contributed by atoms with Gasteiger partial charge in [-0.15, -0.1) is 11.3 Å². The third-order valence-corrected chi connectivity index (χ3v) is 4.58. The summed E-state index contributed by atoms with van der Waals surface area (Å²) in [5.74, 6) is -0.264. The smallest absolute Gasteiger partial charge is 0.267 e. The maximum absolute atomic E-state index is 12.4. The number of hydrogen-bond donors (Lipinski definition) is 2. The largest absolute Gasteiger partial charge is 0.397 e. The molecular formula is C15H12ClN3OS. The van der Waals surface area contributed by atoms with E-state index in [4.69, 9.17) is 17.3 Å². The summed E-state index contributed by atoms with van der Waals surface area (Å²) in [6, 6.07) is 7.27. The van der Waals surface area contributed by atoms with Crippen LogP contribution in [0.3, 0.4) is 0 Å². The van der Waals surface area contributed by atoms with Gasteiger partial charge in [-0.1, -0.05) is 17.7 Å². The van der Waals surface area contributed by atoms with Gasteiger partial charge in [-0.3, -0.25) is 9.78 Å². The van der Waals surface area contributed by atoms with Crippen molar-refractivity contribution in [3.05, 3.63) is 52.1 Å². The molecule has 3 aromatic rings. The lowest BCUT2D eigenvalue weighted by atomic mass is 10.2. The maximum atomic E-state index is 12.4. The lowest BCUT2D eigenvalue weighted by Gasteiger charge is -2.07. The van der Waals surface area contributed by atoms with E-state index in [0.29, 0.717) is 21.3 Å². The highest BCUT2D eigenvalue weighted by Crippen LogP contribution is 2.34. The summed E-state index contributed by atoms with van der Waals surface area (Å²) in [4.78, 5) is 16.9. The van der Waals surface area contributed by atoms with Gasteiger partial charge in [0.25, 0.3) is 5.91 Å². The lowest BCUT2D eigenvalue weighted by molar-refractivity contribution is 0.103. The molecule has 0 aliphatic rings. The van der Waals surface area contributed by atoms with Crippen molar-refractivity contribution in [1.82, 2.24) is 4.98 Å². The highest BCUT2D eigenvalue weighted by Gasteiger charge is 2.17. The molecule has 0 aliphatic heterocycles. The zero-order chi connectivity index (χ0) is 15.0. The molecule has 2 aromatic heterocycles. The number of carbonyl (C=O) groups excluding carboxylic acids is 1. The van der Waals surface area contributed by atoms with Crippen LogP contribution in [0.4, 0.5) is 11.4 Å². The number of nitrogens with one attached hydrogen (secondary N) is 1. The maximum Gasteiger partial charge on any atom is 0.267 e. The first-order valence-corrected chi connectivity index (χ1v) is 7.45. The van der Waals surface area contributed by atoms with Crippen LogP contribution in [0.15, 0.2) is 36.7 Å². The van der Waals surface area contributed by atoms with Crippen molar-refractivity contribution in [2.75, 3.05) is 11.1 Å². The van der Waals surface area contributed by atoms with Gasteiger partial charge >= 0.3 is 0 Å². The fourth-order valence-electron chi connectivity index (χ4n) is 2.04. The fraction of sp³-hybridized carbons (Fsp3) is 0.0667. The molecule has 0 unspecified atom stereocenters. The SMILES string of the molecule is Cc1ccc(NC(=O)c2sc3cnccc3c2N)c(Cl)c1. The molecule has 1 aromatic carbocycles. The molecule has 21 heavy (non-hydrogen) atoms. The summed E-state index contributed by atoms with van der Waals surface area (Å²) in [5, 5.41) is 4.14. The van der Waals surface area contributed by atoms with Crippen LogP contribution in [0, 0.1) is 6.92 Å². The Kier molecular flexibility index (Phi) is 3.53. The van der Waals surface area contributed by atoms with E-state index < -0.39 is 0 Å². The second-order valence-corrected chi connectivity index (χ2v) is 6.11. The van der Waals surface area contributed by atoms with Gasteiger partial charge < -0.3 is 11.1 Å². The molecule has 0 saturated heterocycles. The number of nitrogen functional groups attached to an aromatic ring is 1. The second-order valence-electron chi connectivity index (χ2n) is 4.65. The van der Waals surface area contributed by atoms with Gasteiger partial charge in [0.1, 0.15) is 4.88 Å². The van der Waals surface area contributed by atoms with E-state index in [0.717, 1.165) is 15.6 Å². The number of hydrogen-bond acceptors (Lipinski definition) is 4. The van der Waals surface area contributed by atoms with Crippen molar-refractivity contribution >= 4 is 50.3 Å². The van der Waals surface area contributed by atoms with Crippen molar-refractivity contribution in [1.29, 1.82) is 0 Å². The van der Waals surface area contributed by atoms with Crippen LogP contribution < -0.4 is 11.1 Å². The molecule has 0 bridgehead atoms. The van der Waals surface area contributed by atoms with Crippen molar-refractivity contribution in [2.45, 2.75) is 6.92 Å². The Hall–Kier alpha value is -2.11. The van der Waals surface area contributed by atoms with Gasteiger partial charge in [0, 0.05) is 17.8 Å². The number of carbonyl (C=O) groups is 1. The van der Waals surface area contributed by atoms with Crippen LogP contribution in [-0.4, -0.2) is 10.9 Å². The molecule has 0 atom stereocenters. The minimum atomic E-state index is -0.264. The number of benzene rings is 1. The van der Waals surface area contributed by atoms with E-state index in [1.54, 1.807) is 30.6 Å². The minimum Gasteiger partial charge on any atom is -0.397 e. The number of aryl methyl sites for hydroxylation is 1. The molecule has 3 rings (SSSR count). The molecule has 0 spiro atoms. The lowest BCUT2D eigenvalue weighted by Crippen LogP contribution is -2.12. The number of nitrogens with zero attached hydrogens (tertiary/aromatic N) is 1. The molecule has 106 valence electrons. The van der Waals surface area contributed by atoms with Crippen LogP contribution in [0.5, 0.6) is 0 Å². The highest BCUT2D eigenvalue weighted by atomic mass is 35.5. The molecule has 4 nitrogen and oxygen atoms in total. The normalized spacial score (nSPS) is 10.8. The molecule has 0 saturated carbocycles. The first-order valence-electron chi connectivity index (χ1n) is 6.26. The molecule has 0 aliphatic carbocycles. The fourth-order valence-corrected chi connectivity index (χ4v) is 3.31. The van der Waals surface area contributed by atoms with E-state index in [2.05, 4.69) is 10.3 Å². The van der Waals surface area contributed by atoms with Gasteiger partial charge in [0.05, 0.1) is 21.1 Å². The van der Waals surface area contributed by atoms with Crippen LogP contribution >= 0.6 is 22.9 Å². The monoisotopic (exact) mass is 317 g/mol. The topological polar surface area (TPSA) is 68.0 Å². The van der Waals surface area contributed by atoms with Crippen molar-refractivity contribution < 1.29 is 4.79 Å². The number of aromatic nitrogens is 1. The molecule has 6 heteroatoms. The summed E-state index contributed by atoms with van der Waals surface area (Å²) in [7, 11) is 0.